The monoisotopic (exact) mass is 502 g/mol. The van der Waals surface area contributed by atoms with Crippen molar-refractivity contribution >= 4 is 51.6 Å². The SMILES string of the molecule is O=C(CSc1nnc(CNC(=O)c2c(F)cccc2Cl)n1-c1ccccc1)Nc1nccs1. The molecule has 4 rings (SSSR count). The third kappa shape index (κ3) is 5.56. The molecule has 2 amide bonds. The number of para-hydroxylation sites is 1. The highest BCUT2D eigenvalue weighted by atomic mass is 35.5. The van der Waals surface area contributed by atoms with Crippen molar-refractivity contribution in [3.63, 3.8) is 0 Å². The van der Waals surface area contributed by atoms with Crippen LogP contribution in [0.5, 0.6) is 0 Å². The summed E-state index contributed by atoms with van der Waals surface area (Å²) >= 11 is 8.49. The van der Waals surface area contributed by atoms with Crippen LogP contribution in [0.2, 0.25) is 5.02 Å². The lowest BCUT2D eigenvalue weighted by atomic mass is 10.2. The quantitative estimate of drug-likeness (QED) is 0.350. The molecule has 8 nitrogen and oxygen atoms in total. The van der Waals surface area contributed by atoms with Crippen LogP contribution < -0.4 is 10.6 Å². The van der Waals surface area contributed by atoms with E-state index in [1.54, 1.807) is 16.1 Å². The molecule has 0 aliphatic rings. The molecule has 2 aromatic carbocycles. The Kier molecular flexibility index (Phi) is 7.33. The van der Waals surface area contributed by atoms with E-state index in [1.165, 1.54) is 41.3 Å². The van der Waals surface area contributed by atoms with Crippen LogP contribution in [0.4, 0.5) is 9.52 Å². The van der Waals surface area contributed by atoms with Crippen LogP contribution in [-0.4, -0.2) is 37.3 Å². The minimum Gasteiger partial charge on any atom is -0.345 e. The Morgan fingerprint density at radius 2 is 1.94 bits per heavy atom. The van der Waals surface area contributed by atoms with Gasteiger partial charge < -0.3 is 10.6 Å². The summed E-state index contributed by atoms with van der Waals surface area (Å²) in [6.07, 6.45) is 1.61. The summed E-state index contributed by atoms with van der Waals surface area (Å²) in [5.41, 5.74) is 0.511. The number of anilines is 1. The van der Waals surface area contributed by atoms with Gasteiger partial charge >= 0.3 is 0 Å². The molecule has 0 fully saturated rings. The first-order valence-corrected chi connectivity index (χ1v) is 11.8. The number of rotatable bonds is 8. The second-order valence-corrected chi connectivity index (χ2v) is 8.77. The van der Waals surface area contributed by atoms with E-state index in [9.17, 15) is 14.0 Å². The molecule has 2 aromatic heterocycles. The Morgan fingerprint density at radius 1 is 1.12 bits per heavy atom. The van der Waals surface area contributed by atoms with Crippen LogP contribution in [0.25, 0.3) is 5.69 Å². The topological polar surface area (TPSA) is 102 Å². The zero-order valence-corrected chi connectivity index (χ0v) is 19.3. The van der Waals surface area contributed by atoms with Gasteiger partial charge in [0.1, 0.15) is 5.82 Å². The van der Waals surface area contributed by atoms with Gasteiger partial charge in [-0.1, -0.05) is 47.6 Å². The fraction of sp³-hybridized carbons (Fsp3) is 0.0952. The Morgan fingerprint density at radius 3 is 2.67 bits per heavy atom. The molecule has 168 valence electrons. The number of nitrogens with zero attached hydrogens (tertiary/aromatic N) is 4. The summed E-state index contributed by atoms with van der Waals surface area (Å²) in [5, 5.41) is 16.4. The molecule has 12 heteroatoms. The number of carbonyl (C=O) groups is 2. The van der Waals surface area contributed by atoms with E-state index in [4.69, 9.17) is 11.6 Å². The Hall–Kier alpha value is -3.28. The normalized spacial score (nSPS) is 10.7. The highest BCUT2D eigenvalue weighted by Crippen LogP contribution is 2.23. The zero-order valence-electron chi connectivity index (χ0n) is 16.9. The number of thioether (sulfide) groups is 1. The third-order valence-corrected chi connectivity index (χ3v) is 6.26. The number of hydrogen-bond donors (Lipinski definition) is 2. The molecule has 0 unspecified atom stereocenters. The van der Waals surface area contributed by atoms with Crippen molar-refractivity contribution in [3.05, 3.63) is 82.3 Å². The van der Waals surface area contributed by atoms with Crippen molar-refractivity contribution in [3.8, 4) is 5.69 Å². The summed E-state index contributed by atoms with van der Waals surface area (Å²) < 4.78 is 15.8. The average molecular weight is 503 g/mol. The van der Waals surface area contributed by atoms with Crippen LogP contribution in [0, 0.1) is 5.82 Å². The summed E-state index contributed by atoms with van der Waals surface area (Å²) in [7, 11) is 0. The smallest absolute Gasteiger partial charge is 0.256 e. The maximum absolute atomic E-state index is 14.1. The second kappa shape index (κ2) is 10.6. The molecule has 0 saturated carbocycles. The summed E-state index contributed by atoms with van der Waals surface area (Å²) in [6, 6.07) is 13.3. The van der Waals surface area contributed by atoms with Gasteiger partial charge in [-0.3, -0.25) is 14.2 Å². The summed E-state index contributed by atoms with van der Waals surface area (Å²) in [5.74, 6) is -1.13. The fourth-order valence-corrected chi connectivity index (χ4v) is 4.44. The number of thiazole rings is 1. The first-order valence-electron chi connectivity index (χ1n) is 9.57. The van der Waals surface area contributed by atoms with Gasteiger partial charge in [0.15, 0.2) is 16.1 Å². The molecule has 0 radical (unpaired) electrons. The Balaban J connectivity index is 1.51. The van der Waals surface area contributed by atoms with Crippen molar-refractivity contribution in [1.82, 2.24) is 25.1 Å². The van der Waals surface area contributed by atoms with Crippen LogP contribution in [-0.2, 0) is 11.3 Å². The van der Waals surface area contributed by atoms with Gasteiger partial charge in [-0.25, -0.2) is 9.37 Å². The molecule has 0 saturated heterocycles. The summed E-state index contributed by atoms with van der Waals surface area (Å²) in [6.45, 7) is -0.0305. The van der Waals surface area contributed by atoms with Gasteiger partial charge in [0, 0.05) is 17.3 Å². The van der Waals surface area contributed by atoms with E-state index in [-0.39, 0.29) is 28.8 Å². The highest BCUT2D eigenvalue weighted by molar-refractivity contribution is 7.99. The van der Waals surface area contributed by atoms with Gasteiger partial charge in [-0.05, 0) is 24.3 Å². The average Bonchev–Trinajstić information content (AvgIpc) is 3.46. The van der Waals surface area contributed by atoms with Crippen LogP contribution in [0.15, 0.2) is 65.3 Å². The fourth-order valence-electron chi connectivity index (χ4n) is 2.88. The number of aromatic nitrogens is 4. The maximum atomic E-state index is 14.1. The lowest BCUT2D eigenvalue weighted by Gasteiger charge is -2.11. The number of halogens is 2. The molecule has 33 heavy (non-hydrogen) atoms. The molecule has 2 N–H and O–H groups in total. The van der Waals surface area contributed by atoms with Crippen molar-refractivity contribution < 1.29 is 14.0 Å². The summed E-state index contributed by atoms with van der Waals surface area (Å²) in [4.78, 5) is 28.8. The van der Waals surface area contributed by atoms with Gasteiger partial charge in [-0.15, -0.1) is 21.5 Å². The number of benzene rings is 2. The number of hydrogen-bond acceptors (Lipinski definition) is 7. The highest BCUT2D eigenvalue weighted by Gasteiger charge is 2.19. The Labute approximate surface area is 201 Å². The minimum absolute atomic E-state index is 0.0134. The van der Waals surface area contributed by atoms with E-state index in [0.717, 1.165) is 5.69 Å². The standard InChI is InChI=1S/C21H16ClFN6O2S2/c22-14-7-4-8-15(23)18(14)19(31)25-11-16-27-28-21(29(16)13-5-2-1-3-6-13)33-12-17(30)26-20-24-9-10-32-20/h1-10H,11-12H2,(H,25,31)(H,24,26,30). The van der Waals surface area contributed by atoms with Gasteiger partial charge in [0.25, 0.3) is 5.91 Å². The molecular weight excluding hydrogens is 487 g/mol. The molecule has 0 aliphatic carbocycles. The van der Waals surface area contributed by atoms with Crippen LogP contribution >= 0.6 is 34.7 Å². The number of nitrogens with one attached hydrogen (secondary N) is 2. The van der Waals surface area contributed by atoms with Crippen LogP contribution in [0.1, 0.15) is 16.2 Å². The maximum Gasteiger partial charge on any atom is 0.256 e. The number of amides is 2. The van der Waals surface area contributed by atoms with Crippen molar-refractivity contribution in [2.24, 2.45) is 0 Å². The zero-order chi connectivity index (χ0) is 23.2. The predicted octanol–water partition coefficient (Wildman–Crippen LogP) is 4.18. The molecule has 0 spiro atoms. The minimum atomic E-state index is -0.716. The molecule has 2 heterocycles. The van der Waals surface area contributed by atoms with Gasteiger partial charge in [0.2, 0.25) is 5.91 Å². The van der Waals surface area contributed by atoms with Crippen LogP contribution in [0.3, 0.4) is 0 Å². The van der Waals surface area contributed by atoms with E-state index in [1.807, 2.05) is 30.3 Å². The molecule has 0 aliphatic heterocycles. The second-order valence-electron chi connectivity index (χ2n) is 6.52. The van der Waals surface area contributed by atoms with E-state index in [2.05, 4.69) is 25.8 Å². The largest absolute Gasteiger partial charge is 0.345 e. The molecular formula is C21H16ClFN6O2S2. The van der Waals surface area contributed by atoms with Crippen molar-refractivity contribution in [1.29, 1.82) is 0 Å². The first-order chi connectivity index (χ1) is 16.0. The van der Waals surface area contributed by atoms with E-state index < -0.39 is 11.7 Å². The first kappa shape index (κ1) is 22.9. The van der Waals surface area contributed by atoms with Crippen molar-refractivity contribution in [2.45, 2.75) is 11.7 Å². The third-order valence-electron chi connectivity index (χ3n) is 4.32. The van der Waals surface area contributed by atoms with Gasteiger partial charge in [0.05, 0.1) is 22.9 Å². The Bertz CT molecular complexity index is 1250. The predicted molar refractivity (Wildman–Crippen MR) is 125 cm³/mol. The lowest BCUT2D eigenvalue weighted by molar-refractivity contribution is -0.113. The molecule has 4 aromatic rings. The van der Waals surface area contributed by atoms with E-state index in [0.29, 0.717) is 16.1 Å². The lowest BCUT2D eigenvalue weighted by Crippen LogP contribution is -2.26. The molecule has 0 bridgehead atoms. The van der Waals surface area contributed by atoms with Gasteiger partial charge in [-0.2, -0.15) is 0 Å². The van der Waals surface area contributed by atoms with Crippen molar-refractivity contribution in [2.75, 3.05) is 11.1 Å². The number of carbonyl (C=O) groups excluding carboxylic acids is 2. The van der Waals surface area contributed by atoms with E-state index >= 15 is 0 Å². The molecule has 0 atom stereocenters.